The number of hydrogen-bond acceptors (Lipinski definition) is 0. The molecule has 0 N–H and O–H groups in total. The van der Waals surface area contributed by atoms with Gasteiger partial charge in [0.2, 0.25) is 0 Å². The Hall–Kier alpha value is -8.93. The molecule has 0 aliphatic carbocycles. The zero-order valence-electron chi connectivity index (χ0n) is 55.8. The van der Waals surface area contributed by atoms with Crippen molar-refractivity contribution in [2.24, 2.45) is 0 Å². The molecule has 0 atom stereocenters. The van der Waals surface area contributed by atoms with E-state index in [1.165, 1.54) is 131 Å². The second-order valence-corrected chi connectivity index (χ2v) is 23.3. The van der Waals surface area contributed by atoms with Gasteiger partial charge in [-0.3, -0.25) is 0 Å². The van der Waals surface area contributed by atoms with E-state index in [0.717, 1.165) is 27.8 Å². The molecule has 0 spiro atoms. The lowest BCUT2D eigenvalue weighted by Gasteiger charge is -2.03. The van der Waals surface area contributed by atoms with E-state index in [4.69, 9.17) is 0 Å². The van der Waals surface area contributed by atoms with E-state index in [1.54, 1.807) is 32.9 Å². The Bertz CT molecular complexity index is 3850. The van der Waals surface area contributed by atoms with Gasteiger partial charge in [-0.1, -0.05) is 227 Å². The van der Waals surface area contributed by atoms with Crippen LogP contribution in [0.4, 0.5) is 22.0 Å². The summed E-state index contributed by atoms with van der Waals surface area (Å²) in [5.41, 5.74) is 19.6. The summed E-state index contributed by atoms with van der Waals surface area (Å²) in [4.78, 5) is 0. The summed E-state index contributed by atoms with van der Waals surface area (Å²) in [6, 6.07) is 73.8. The van der Waals surface area contributed by atoms with E-state index in [-0.39, 0.29) is 23.0 Å². The van der Waals surface area contributed by atoms with Crippen molar-refractivity contribution in [1.82, 2.24) is 0 Å². The molecule has 0 aliphatic heterocycles. The average Bonchev–Trinajstić information content (AvgIpc) is 3.15. The molecule has 12 aromatic rings. The lowest BCUT2D eigenvalue weighted by molar-refractivity contribution is 0.566. The van der Waals surface area contributed by atoms with Crippen molar-refractivity contribution in [3.63, 3.8) is 0 Å². The zero-order chi connectivity index (χ0) is 65.9. The topological polar surface area (TPSA) is 0 Å². The van der Waals surface area contributed by atoms with Gasteiger partial charge in [0.05, 0.1) is 0 Å². The van der Waals surface area contributed by atoms with Crippen LogP contribution in [0.15, 0.2) is 224 Å². The molecule has 0 saturated carbocycles. The highest BCUT2D eigenvalue weighted by molar-refractivity contribution is 5.89. The highest BCUT2D eigenvalue weighted by atomic mass is 19.1. The van der Waals surface area contributed by atoms with Crippen LogP contribution in [0.5, 0.6) is 0 Å². The molecule has 0 heterocycles. The van der Waals surface area contributed by atoms with Crippen LogP contribution in [-0.4, -0.2) is 0 Å². The lowest BCUT2D eigenvalue weighted by atomic mass is 10.0. The van der Waals surface area contributed by atoms with E-state index < -0.39 is 11.6 Å². The van der Waals surface area contributed by atoms with Gasteiger partial charge in [-0.25, -0.2) is 22.0 Å². The van der Waals surface area contributed by atoms with Gasteiger partial charge in [0.15, 0.2) is 0 Å². The van der Waals surface area contributed by atoms with Crippen LogP contribution in [0.2, 0.25) is 0 Å². The van der Waals surface area contributed by atoms with Crippen LogP contribution in [0.25, 0.3) is 32.3 Å². The lowest BCUT2D eigenvalue weighted by Crippen LogP contribution is -1.88. The number of halogens is 5. The Morgan fingerprint density at radius 3 is 0.854 bits per heavy atom. The van der Waals surface area contributed by atoms with Crippen LogP contribution in [0, 0.1) is 154 Å². The monoisotopic (exact) mass is 1190 g/mol. The van der Waals surface area contributed by atoms with E-state index in [2.05, 4.69) is 227 Å². The van der Waals surface area contributed by atoms with Gasteiger partial charge >= 0.3 is 0 Å². The standard InChI is InChI=1S/3C12H12.C8H8F2.3C8H9F.2C8H10/c1-9-3-5-12-8-10(2)4-6-11(12)7-9;1-9-5-3-8-12-10(2)6-4-7-11(9)12;1-9-7-8-10(2)12-6-4-3-5-11(9)12;1-5-3-7(9)6(2)8(10)4-5;1-6-3-7(2)5-8(9)4-6;1-6-3-4-8(9)7(2)5-6;1-6-3-4-7(2)8(9)5-6;1-7-3-5-8(2)6-4-7;1-7-4-3-5-8(2)6-7/h3*3-8H,1-2H3;3-4H,1-2H3;3*3-5H,1-2H3;2*3-6H,1-2H3. The maximum absolute atomic E-state index is 12.6. The SMILES string of the molecule is Cc1cc(C)cc(F)c1.Cc1cc(F)c(C)c(F)c1.Cc1ccc(C)c(F)c1.Cc1ccc(C)c2ccccc12.Cc1ccc(C)cc1.Cc1ccc(F)c(C)c1.Cc1ccc2cc(C)ccc2c1.Cc1cccc(C)c1.Cc1cccc2c(C)cccc12. The van der Waals surface area contributed by atoms with Gasteiger partial charge in [-0.2, -0.15) is 0 Å². The number of fused-ring (bicyclic) bond motifs is 3. The summed E-state index contributed by atoms with van der Waals surface area (Å²) in [5, 5.41) is 8.16. The van der Waals surface area contributed by atoms with E-state index in [1.807, 2.05) is 45.9 Å². The fourth-order valence-corrected chi connectivity index (χ4v) is 9.34. The Balaban J connectivity index is 0.000000215. The van der Waals surface area contributed by atoms with Crippen LogP contribution >= 0.6 is 0 Å². The van der Waals surface area contributed by atoms with Crippen molar-refractivity contribution in [3.05, 3.63) is 354 Å². The van der Waals surface area contributed by atoms with E-state index in [0.29, 0.717) is 11.1 Å². The number of rotatable bonds is 0. The van der Waals surface area contributed by atoms with E-state index in [9.17, 15) is 22.0 Å². The molecule has 12 aromatic carbocycles. The van der Waals surface area contributed by atoms with Gasteiger partial charge < -0.3 is 0 Å². The summed E-state index contributed by atoms with van der Waals surface area (Å²) in [6.07, 6.45) is 0. The first-order chi connectivity index (χ1) is 42.1. The maximum Gasteiger partial charge on any atom is 0.129 e. The third-order valence-electron chi connectivity index (χ3n) is 14.5. The third-order valence-corrected chi connectivity index (χ3v) is 14.5. The Morgan fingerprint density at radius 2 is 0.483 bits per heavy atom. The molecule has 0 bridgehead atoms. The molecule has 462 valence electrons. The molecule has 0 aliphatic rings. The van der Waals surface area contributed by atoms with Crippen molar-refractivity contribution in [2.45, 2.75) is 125 Å². The molecule has 0 fully saturated rings. The average molecular weight is 1200 g/mol. The Labute approximate surface area is 529 Å². The minimum Gasteiger partial charge on any atom is -0.207 e. The molecule has 89 heavy (non-hydrogen) atoms. The smallest absolute Gasteiger partial charge is 0.129 e. The van der Waals surface area contributed by atoms with Crippen LogP contribution in [-0.2, 0) is 0 Å². The number of aryl methyl sites for hydroxylation is 17. The van der Waals surface area contributed by atoms with E-state index >= 15 is 0 Å². The highest BCUT2D eigenvalue weighted by Crippen LogP contribution is 2.23. The summed E-state index contributed by atoms with van der Waals surface area (Å²) < 4.78 is 62.7. The minimum absolute atomic E-state index is 0.0885. The normalized spacial score (nSPS) is 9.97. The second kappa shape index (κ2) is 36.4. The highest BCUT2D eigenvalue weighted by Gasteiger charge is 2.04. The van der Waals surface area contributed by atoms with Crippen LogP contribution < -0.4 is 0 Å². The van der Waals surface area contributed by atoms with Crippen molar-refractivity contribution < 1.29 is 22.0 Å². The second-order valence-electron chi connectivity index (χ2n) is 23.3. The predicted molar refractivity (Wildman–Crippen MR) is 376 cm³/mol. The van der Waals surface area contributed by atoms with Crippen LogP contribution in [0.1, 0.15) is 100 Å². The Kier molecular flexibility index (Phi) is 29.7. The first-order valence-electron chi connectivity index (χ1n) is 30.2. The van der Waals surface area contributed by atoms with Crippen LogP contribution in [0.3, 0.4) is 0 Å². The largest absolute Gasteiger partial charge is 0.207 e. The molecule has 0 amide bonds. The molecule has 0 radical (unpaired) electrons. The zero-order valence-corrected chi connectivity index (χ0v) is 55.8. The molecule has 5 heteroatoms. The first-order valence-corrected chi connectivity index (χ1v) is 30.2. The minimum atomic E-state index is -0.475. The summed E-state index contributed by atoms with van der Waals surface area (Å²) in [7, 11) is 0. The third kappa shape index (κ3) is 25.7. The van der Waals surface area contributed by atoms with Crippen molar-refractivity contribution in [3.8, 4) is 0 Å². The van der Waals surface area contributed by atoms with Gasteiger partial charge in [0.1, 0.15) is 29.1 Å². The van der Waals surface area contributed by atoms with Crippen molar-refractivity contribution in [2.75, 3.05) is 0 Å². The fourth-order valence-electron chi connectivity index (χ4n) is 9.34. The molecule has 0 aromatic heterocycles. The number of benzene rings is 12. The van der Waals surface area contributed by atoms with Crippen molar-refractivity contribution in [1.29, 1.82) is 0 Å². The first kappa shape index (κ1) is 72.5. The molecular formula is C84H91F5. The summed E-state index contributed by atoms with van der Waals surface area (Å²) in [6.45, 7) is 35.5. The molecule has 0 nitrogen and oxygen atoms in total. The van der Waals surface area contributed by atoms with Gasteiger partial charge in [0, 0.05) is 5.56 Å². The molecule has 0 saturated heterocycles. The predicted octanol–water partition coefficient (Wildman–Crippen LogP) is 24.9. The van der Waals surface area contributed by atoms with Gasteiger partial charge in [0.25, 0.3) is 0 Å². The molecule has 12 rings (SSSR count). The van der Waals surface area contributed by atoms with Gasteiger partial charge in [-0.05, 0) is 249 Å². The fraction of sp³-hybridized carbons (Fsp3) is 0.214. The summed E-state index contributed by atoms with van der Waals surface area (Å²) in [5.74, 6) is -1.34. The van der Waals surface area contributed by atoms with Crippen molar-refractivity contribution >= 4 is 32.3 Å². The maximum atomic E-state index is 12.6. The summed E-state index contributed by atoms with van der Waals surface area (Å²) >= 11 is 0. The number of hydrogen-bond donors (Lipinski definition) is 0. The molecule has 0 unspecified atom stereocenters. The quantitative estimate of drug-likeness (QED) is 0.133. The molecular weight excluding hydrogens is 1100 g/mol. The van der Waals surface area contributed by atoms with Gasteiger partial charge in [-0.15, -0.1) is 0 Å². The Morgan fingerprint density at radius 1 is 0.180 bits per heavy atom.